The average Bonchev–Trinajstić information content (AvgIpc) is 3.04. The smallest absolute Gasteiger partial charge is 0.122 e. The summed E-state index contributed by atoms with van der Waals surface area (Å²) in [7, 11) is 0. The van der Waals surface area contributed by atoms with Crippen molar-refractivity contribution in [3.63, 3.8) is 0 Å². The van der Waals surface area contributed by atoms with Gasteiger partial charge in [0, 0.05) is 12.6 Å². The predicted molar refractivity (Wildman–Crippen MR) is 81.7 cm³/mol. The van der Waals surface area contributed by atoms with E-state index >= 15 is 0 Å². The zero-order valence-electron chi connectivity index (χ0n) is 12.5. The first-order valence-corrected chi connectivity index (χ1v) is 8.44. The molecule has 0 radical (unpaired) electrons. The van der Waals surface area contributed by atoms with Crippen LogP contribution in [0.2, 0.25) is 0 Å². The summed E-state index contributed by atoms with van der Waals surface area (Å²) in [6.45, 7) is 3.48. The van der Waals surface area contributed by atoms with Crippen LogP contribution >= 0.6 is 0 Å². The predicted octanol–water partition coefficient (Wildman–Crippen LogP) is 3.73. The van der Waals surface area contributed by atoms with Crippen molar-refractivity contribution in [2.45, 2.75) is 63.5 Å². The highest BCUT2D eigenvalue weighted by Gasteiger charge is 2.25. The number of hydrogen-bond donors (Lipinski definition) is 1. The summed E-state index contributed by atoms with van der Waals surface area (Å²) >= 11 is 0. The van der Waals surface area contributed by atoms with Gasteiger partial charge in [0.15, 0.2) is 0 Å². The van der Waals surface area contributed by atoms with E-state index < -0.39 is 0 Å². The number of nitrogens with zero attached hydrogens (tertiary/aromatic N) is 1. The lowest BCUT2D eigenvalue weighted by atomic mass is 9.95. The number of rotatable bonds is 5. The molecule has 1 aliphatic heterocycles. The van der Waals surface area contributed by atoms with Crippen molar-refractivity contribution in [1.82, 2.24) is 10.2 Å². The summed E-state index contributed by atoms with van der Waals surface area (Å²) in [5.41, 5.74) is 0. The molecule has 1 saturated carbocycles. The Morgan fingerprint density at radius 1 is 1.10 bits per heavy atom. The minimum atomic E-state index is 0.423. The molecule has 0 aromatic carbocycles. The summed E-state index contributed by atoms with van der Waals surface area (Å²) in [4.78, 5) is 2.61. The van der Waals surface area contributed by atoms with Crippen LogP contribution in [0.3, 0.4) is 0 Å². The zero-order chi connectivity index (χ0) is 13.6. The maximum absolute atomic E-state index is 5.71. The molecule has 1 saturated heterocycles. The molecule has 0 spiro atoms. The van der Waals surface area contributed by atoms with Crippen LogP contribution in [0.15, 0.2) is 22.8 Å². The van der Waals surface area contributed by atoms with E-state index in [1.165, 1.54) is 64.5 Å². The number of nitrogens with one attached hydrogen (secondary N) is 1. The van der Waals surface area contributed by atoms with Gasteiger partial charge in [-0.1, -0.05) is 25.7 Å². The molecule has 1 aromatic heterocycles. The molecule has 2 fully saturated rings. The van der Waals surface area contributed by atoms with E-state index in [4.69, 9.17) is 4.42 Å². The lowest BCUT2D eigenvalue weighted by molar-refractivity contribution is 0.138. The Balaban J connectivity index is 1.59. The molecule has 1 aliphatic carbocycles. The molecule has 3 nitrogen and oxygen atoms in total. The van der Waals surface area contributed by atoms with Gasteiger partial charge in [-0.05, 0) is 50.9 Å². The third-order valence-corrected chi connectivity index (χ3v) is 4.91. The van der Waals surface area contributed by atoms with E-state index in [-0.39, 0.29) is 0 Å². The Bertz CT molecular complexity index is 364. The highest BCUT2D eigenvalue weighted by molar-refractivity contribution is 5.06. The Morgan fingerprint density at radius 3 is 2.55 bits per heavy atom. The number of likely N-dealkylation sites (tertiary alicyclic amines) is 1. The van der Waals surface area contributed by atoms with Crippen LogP contribution < -0.4 is 5.32 Å². The van der Waals surface area contributed by atoms with Crippen LogP contribution in [0, 0.1) is 0 Å². The maximum Gasteiger partial charge on any atom is 0.122 e. The van der Waals surface area contributed by atoms with Gasteiger partial charge in [-0.2, -0.15) is 0 Å². The van der Waals surface area contributed by atoms with Crippen LogP contribution in [-0.4, -0.2) is 30.6 Å². The van der Waals surface area contributed by atoms with Gasteiger partial charge >= 0.3 is 0 Å². The topological polar surface area (TPSA) is 28.4 Å². The van der Waals surface area contributed by atoms with Crippen LogP contribution in [-0.2, 0) is 0 Å². The van der Waals surface area contributed by atoms with E-state index in [9.17, 15) is 0 Å². The lowest BCUT2D eigenvalue weighted by Crippen LogP contribution is -2.42. The molecular formula is C17H28N2O. The maximum atomic E-state index is 5.71. The molecule has 3 heteroatoms. The van der Waals surface area contributed by atoms with Crippen molar-refractivity contribution in [2.75, 3.05) is 19.6 Å². The Morgan fingerprint density at radius 2 is 1.85 bits per heavy atom. The molecule has 2 heterocycles. The fraction of sp³-hybridized carbons (Fsp3) is 0.765. The number of hydrogen-bond acceptors (Lipinski definition) is 3. The van der Waals surface area contributed by atoms with Gasteiger partial charge in [0.2, 0.25) is 0 Å². The van der Waals surface area contributed by atoms with E-state index in [0.29, 0.717) is 6.04 Å². The fourth-order valence-electron chi connectivity index (χ4n) is 3.71. The molecule has 0 amide bonds. The summed E-state index contributed by atoms with van der Waals surface area (Å²) in [6.07, 6.45) is 12.8. The van der Waals surface area contributed by atoms with Gasteiger partial charge in [-0.3, -0.25) is 4.90 Å². The van der Waals surface area contributed by atoms with E-state index in [2.05, 4.69) is 16.3 Å². The molecule has 0 bridgehead atoms. The summed E-state index contributed by atoms with van der Waals surface area (Å²) in [5.74, 6) is 1.13. The first-order chi connectivity index (χ1) is 9.93. The molecule has 112 valence electrons. The van der Waals surface area contributed by atoms with Crippen molar-refractivity contribution >= 4 is 0 Å². The molecule has 1 atom stereocenters. The minimum Gasteiger partial charge on any atom is -0.468 e. The Hall–Kier alpha value is -0.800. The quantitative estimate of drug-likeness (QED) is 0.888. The largest absolute Gasteiger partial charge is 0.468 e. The van der Waals surface area contributed by atoms with Gasteiger partial charge in [-0.25, -0.2) is 0 Å². The van der Waals surface area contributed by atoms with E-state index in [1.807, 2.05) is 12.3 Å². The molecule has 1 unspecified atom stereocenters. The first-order valence-electron chi connectivity index (χ1n) is 8.44. The Kier molecular flexibility index (Phi) is 5.15. The van der Waals surface area contributed by atoms with Crippen molar-refractivity contribution in [2.24, 2.45) is 0 Å². The lowest BCUT2D eigenvalue weighted by Gasteiger charge is -2.35. The normalized spacial score (nSPS) is 23.8. The second-order valence-electron chi connectivity index (χ2n) is 6.37. The van der Waals surface area contributed by atoms with Crippen molar-refractivity contribution in [1.29, 1.82) is 0 Å². The molecule has 3 rings (SSSR count). The van der Waals surface area contributed by atoms with Crippen LogP contribution in [0.1, 0.15) is 63.2 Å². The van der Waals surface area contributed by atoms with Gasteiger partial charge in [-0.15, -0.1) is 0 Å². The first kappa shape index (κ1) is 14.2. The van der Waals surface area contributed by atoms with Gasteiger partial charge in [0.25, 0.3) is 0 Å². The van der Waals surface area contributed by atoms with Gasteiger partial charge in [0.1, 0.15) is 5.76 Å². The summed E-state index contributed by atoms with van der Waals surface area (Å²) in [6, 6.07) is 5.31. The average molecular weight is 276 g/mol. The molecule has 1 N–H and O–H groups in total. The second kappa shape index (κ2) is 7.28. The van der Waals surface area contributed by atoms with E-state index in [0.717, 1.165) is 18.3 Å². The molecular weight excluding hydrogens is 248 g/mol. The van der Waals surface area contributed by atoms with Crippen LogP contribution in [0.25, 0.3) is 0 Å². The van der Waals surface area contributed by atoms with Crippen molar-refractivity contribution in [3.8, 4) is 0 Å². The molecule has 1 aromatic rings. The number of piperidine rings is 1. The Labute approximate surface area is 122 Å². The van der Waals surface area contributed by atoms with Crippen LogP contribution in [0.5, 0.6) is 0 Å². The molecule has 2 aliphatic rings. The third-order valence-electron chi connectivity index (χ3n) is 4.91. The number of furan rings is 1. The standard InChI is InChI=1S/C17H28N2O/c1-3-8-15(9-4-1)18-14-16(17-10-7-13-20-17)19-11-5-2-6-12-19/h7,10,13,15-16,18H,1-6,8-9,11-12,14H2. The van der Waals surface area contributed by atoms with Gasteiger partial charge in [0.05, 0.1) is 12.3 Å². The highest BCUT2D eigenvalue weighted by atomic mass is 16.3. The summed E-state index contributed by atoms with van der Waals surface area (Å²) in [5, 5.41) is 3.81. The highest BCUT2D eigenvalue weighted by Crippen LogP contribution is 2.25. The zero-order valence-corrected chi connectivity index (χ0v) is 12.5. The second-order valence-corrected chi connectivity index (χ2v) is 6.37. The van der Waals surface area contributed by atoms with Crippen molar-refractivity contribution in [3.05, 3.63) is 24.2 Å². The monoisotopic (exact) mass is 276 g/mol. The summed E-state index contributed by atoms with van der Waals surface area (Å²) < 4.78 is 5.71. The molecule has 20 heavy (non-hydrogen) atoms. The van der Waals surface area contributed by atoms with Crippen molar-refractivity contribution < 1.29 is 4.42 Å². The van der Waals surface area contributed by atoms with Gasteiger partial charge < -0.3 is 9.73 Å². The van der Waals surface area contributed by atoms with Crippen LogP contribution in [0.4, 0.5) is 0 Å². The third kappa shape index (κ3) is 3.64. The SMILES string of the molecule is c1coc(C(CNC2CCCCC2)N2CCCCC2)c1. The minimum absolute atomic E-state index is 0.423. The fourth-order valence-corrected chi connectivity index (χ4v) is 3.71. The van der Waals surface area contributed by atoms with E-state index in [1.54, 1.807) is 0 Å².